The number of carbonyl (C=O) groups is 1. The van der Waals surface area contributed by atoms with Gasteiger partial charge in [-0.3, -0.25) is 9.69 Å². The molecular formula is C18H26FN3O. The van der Waals surface area contributed by atoms with E-state index in [1.165, 1.54) is 31.5 Å². The molecular weight excluding hydrogens is 293 g/mol. The lowest BCUT2D eigenvalue weighted by molar-refractivity contribution is 0.0698. The first-order chi connectivity index (χ1) is 11.0. The molecule has 1 aliphatic carbocycles. The summed E-state index contributed by atoms with van der Waals surface area (Å²) in [7, 11) is 0. The third-order valence-corrected chi connectivity index (χ3v) is 4.94. The molecule has 0 N–H and O–H groups in total. The van der Waals surface area contributed by atoms with E-state index in [2.05, 4.69) is 23.7 Å². The molecule has 0 spiro atoms. The van der Waals surface area contributed by atoms with Gasteiger partial charge in [0.05, 0.1) is 6.20 Å². The lowest BCUT2D eigenvalue weighted by atomic mass is 10.0. The average Bonchev–Trinajstić information content (AvgIpc) is 3.34. The quantitative estimate of drug-likeness (QED) is 0.856. The predicted molar refractivity (Wildman–Crippen MR) is 87.6 cm³/mol. The third kappa shape index (κ3) is 4.08. The molecule has 1 amide bonds. The number of nitrogens with zero attached hydrogens (tertiary/aromatic N) is 3. The molecule has 1 saturated heterocycles. The van der Waals surface area contributed by atoms with Crippen molar-refractivity contribution in [2.75, 3.05) is 26.2 Å². The Morgan fingerprint density at radius 2 is 2.13 bits per heavy atom. The molecule has 2 aliphatic rings. The molecule has 0 aromatic carbocycles. The topological polar surface area (TPSA) is 36.4 Å². The van der Waals surface area contributed by atoms with E-state index in [9.17, 15) is 9.18 Å². The molecule has 126 valence electrons. The van der Waals surface area contributed by atoms with Gasteiger partial charge in [-0.2, -0.15) is 0 Å². The minimum atomic E-state index is -0.409. The number of amides is 1. The van der Waals surface area contributed by atoms with Crippen molar-refractivity contribution in [1.82, 2.24) is 14.8 Å². The van der Waals surface area contributed by atoms with E-state index in [0.29, 0.717) is 17.7 Å². The van der Waals surface area contributed by atoms with Gasteiger partial charge in [0, 0.05) is 32.2 Å². The van der Waals surface area contributed by atoms with Gasteiger partial charge < -0.3 is 4.90 Å². The second kappa shape index (κ2) is 6.95. The molecule has 1 aliphatic heterocycles. The van der Waals surface area contributed by atoms with Crippen LogP contribution in [-0.4, -0.2) is 52.9 Å². The highest BCUT2D eigenvalue weighted by Crippen LogP contribution is 2.32. The highest BCUT2D eigenvalue weighted by atomic mass is 19.1. The molecule has 2 fully saturated rings. The van der Waals surface area contributed by atoms with Crippen LogP contribution < -0.4 is 0 Å². The molecule has 1 aromatic rings. The summed E-state index contributed by atoms with van der Waals surface area (Å²) in [6.07, 6.45) is 4.81. The maximum Gasteiger partial charge on any atom is 0.272 e. The monoisotopic (exact) mass is 319 g/mol. The molecule has 0 bridgehead atoms. The number of hydrogen-bond acceptors (Lipinski definition) is 3. The van der Waals surface area contributed by atoms with Gasteiger partial charge in [-0.05, 0) is 43.2 Å². The minimum Gasteiger partial charge on any atom is -0.336 e. The van der Waals surface area contributed by atoms with Gasteiger partial charge in [-0.15, -0.1) is 0 Å². The van der Waals surface area contributed by atoms with E-state index in [1.807, 2.05) is 4.90 Å². The van der Waals surface area contributed by atoms with Gasteiger partial charge in [-0.25, -0.2) is 9.37 Å². The fourth-order valence-corrected chi connectivity index (χ4v) is 3.40. The van der Waals surface area contributed by atoms with Crippen molar-refractivity contribution in [1.29, 1.82) is 0 Å². The first-order valence-corrected chi connectivity index (χ1v) is 8.69. The first kappa shape index (κ1) is 16.4. The third-order valence-electron chi connectivity index (χ3n) is 4.94. The largest absolute Gasteiger partial charge is 0.336 e. The van der Waals surface area contributed by atoms with Crippen molar-refractivity contribution in [2.24, 2.45) is 11.8 Å². The summed E-state index contributed by atoms with van der Waals surface area (Å²) in [5.74, 6) is 0.873. The zero-order valence-electron chi connectivity index (χ0n) is 14.0. The molecule has 0 radical (unpaired) electrons. The van der Waals surface area contributed by atoms with Crippen molar-refractivity contribution in [3.05, 3.63) is 29.8 Å². The summed E-state index contributed by atoms with van der Waals surface area (Å²) in [6.45, 7) is 8.17. The van der Waals surface area contributed by atoms with Crippen LogP contribution in [0.2, 0.25) is 0 Å². The zero-order chi connectivity index (χ0) is 16.4. The Balaban J connectivity index is 1.72. The van der Waals surface area contributed by atoms with Gasteiger partial charge in [0.1, 0.15) is 11.5 Å². The maximum absolute atomic E-state index is 13.0. The highest BCUT2D eigenvalue weighted by Gasteiger charge is 2.33. The van der Waals surface area contributed by atoms with Crippen molar-refractivity contribution >= 4 is 5.91 Å². The number of rotatable bonds is 4. The second-order valence-electron chi connectivity index (χ2n) is 7.22. The van der Waals surface area contributed by atoms with Gasteiger partial charge >= 0.3 is 0 Å². The van der Waals surface area contributed by atoms with Crippen LogP contribution in [-0.2, 0) is 0 Å². The van der Waals surface area contributed by atoms with Crippen LogP contribution in [0.25, 0.3) is 0 Å². The Morgan fingerprint density at radius 1 is 1.35 bits per heavy atom. The Morgan fingerprint density at radius 3 is 2.74 bits per heavy atom. The summed E-state index contributed by atoms with van der Waals surface area (Å²) >= 11 is 0. The van der Waals surface area contributed by atoms with E-state index in [4.69, 9.17) is 0 Å². The van der Waals surface area contributed by atoms with Crippen LogP contribution in [0.15, 0.2) is 18.3 Å². The first-order valence-electron chi connectivity index (χ1n) is 8.69. The molecule has 3 rings (SSSR count). The Kier molecular flexibility index (Phi) is 4.95. The number of pyridine rings is 1. The standard InChI is InChI=1S/C18H26FN3O/c1-13(2)17-12-22(9-3-8-21(17)11-14-4-5-14)18(23)16-7-6-15(19)10-20-16/h6-7,10,13-14,17H,3-5,8-9,11-12H2,1-2H3/t17-/m1/s1. The number of aromatic nitrogens is 1. The lowest BCUT2D eigenvalue weighted by Gasteiger charge is -2.34. The molecule has 5 heteroatoms. The SMILES string of the molecule is CC(C)[C@H]1CN(C(=O)c2ccc(F)cn2)CCCN1CC1CC1. The van der Waals surface area contributed by atoms with Crippen LogP contribution in [0, 0.1) is 17.7 Å². The fourth-order valence-electron chi connectivity index (χ4n) is 3.40. The highest BCUT2D eigenvalue weighted by molar-refractivity contribution is 5.92. The van der Waals surface area contributed by atoms with Crippen LogP contribution in [0.5, 0.6) is 0 Å². The Labute approximate surface area is 137 Å². The summed E-state index contributed by atoms with van der Waals surface area (Å²) < 4.78 is 13.0. The van der Waals surface area contributed by atoms with E-state index in [-0.39, 0.29) is 5.91 Å². The molecule has 1 aromatic heterocycles. The molecule has 2 heterocycles. The Hall–Kier alpha value is -1.49. The maximum atomic E-state index is 13.0. The van der Waals surface area contributed by atoms with E-state index in [0.717, 1.165) is 38.2 Å². The Bertz CT molecular complexity index is 542. The molecule has 1 atom stereocenters. The van der Waals surface area contributed by atoms with Crippen molar-refractivity contribution in [3.63, 3.8) is 0 Å². The summed E-state index contributed by atoms with van der Waals surface area (Å²) in [4.78, 5) is 21.1. The summed E-state index contributed by atoms with van der Waals surface area (Å²) in [6, 6.07) is 3.18. The van der Waals surface area contributed by atoms with E-state index in [1.54, 1.807) is 0 Å². The molecule has 0 unspecified atom stereocenters. The normalized spacial score (nSPS) is 23.1. The summed E-state index contributed by atoms with van der Waals surface area (Å²) in [5, 5.41) is 0. The number of carbonyl (C=O) groups excluding carboxylic acids is 1. The lowest BCUT2D eigenvalue weighted by Crippen LogP contribution is -2.46. The predicted octanol–water partition coefficient (Wildman–Crippen LogP) is 2.80. The van der Waals surface area contributed by atoms with Gasteiger partial charge in [0.15, 0.2) is 0 Å². The van der Waals surface area contributed by atoms with Crippen LogP contribution in [0.4, 0.5) is 4.39 Å². The fraction of sp³-hybridized carbons (Fsp3) is 0.667. The van der Waals surface area contributed by atoms with E-state index >= 15 is 0 Å². The van der Waals surface area contributed by atoms with Crippen LogP contribution in [0.3, 0.4) is 0 Å². The number of halogens is 1. The van der Waals surface area contributed by atoms with Gasteiger partial charge in [-0.1, -0.05) is 13.8 Å². The average molecular weight is 319 g/mol. The van der Waals surface area contributed by atoms with Crippen LogP contribution in [0.1, 0.15) is 43.6 Å². The smallest absolute Gasteiger partial charge is 0.272 e. The molecule has 1 saturated carbocycles. The number of hydrogen-bond donors (Lipinski definition) is 0. The molecule has 4 nitrogen and oxygen atoms in total. The van der Waals surface area contributed by atoms with Crippen molar-refractivity contribution in [2.45, 2.75) is 39.2 Å². The van der Waals surface area contributed by atoms with Gasteiger partial charge in [0.25, 0.3) is 5.91 Å². The molecule has 23 heavy (non-hydrogen) atoms. The summed E-state index contributed by atoms with van der Waals surface area (Å²) in [5.41, 5.74) is 0.338. The minimum absolute atomic E-state index is 0.0797. The second-order valence-corrected chi connectivity index (χ2v) is 7.22. The van der Waals surface area contributed by atoms with Gasteiger partial charge in [0.2, 0.25) is 0 Å². The van der Waals surface area contributed by atoms with Crippen molar-refractivity contribution in [3.8, 4) is 0 Å². The zero-order valence-corrected chi connectivity index (χ0v) is 14.0. The van der Waals surface area contributed by atoms with Crippen molar-refractivity contribution < 1.29 is 9.18 Å². The van der Waals surface area contributed by atoms with E-state index < -0.39 is 5.82 Å². The van der Waals surface area contributed by atoms with Crippen LogP contribution >= 0.6 is 0 Å².